The summed E-state index contributed by atoms with van der Waals surface area (Å²) < 4.78 is 10.8. The average Bonchev–Trinajstić information content (AvgIpc) is 3.25. The van der Waals surface area contributed by atoms with Gasteiger partial charge in [0.25, 0.3) is 0 Å². The second-order valence-electron chi connectivity index (χ2n) is 7.02. The monoisotopic (exact) mass is 422 g/mol. The van der Waals surface area contributed by atoms with Gasteiger partial charge in [-0.05, 0) is 41.0 Å². The van der Waals surface area contributed by atoms with Gasteiger partial charge in [0.05, 0.1) is 6.61 Å². The molecule has 30 heavy (non-hydrogen) atoms. The van der Waals surface area contributed by atoms with Gasteiger partial charge in [-0.2, -0.15) is 0 Å². The molecule has 0 atom stereocenters. The van der Waals surface area contributed by atoms with Crippen molar-refractivity contribution < 1.29 is 14.6 Å². The molecule has 3 aromatic rings. The fourth-order valence-electron chi connectivity index (χ4n) is 3.29. The summed E-state index contributed by atoms with van der Waals surface area (Å²) in [5, 5.41) is 16.5. The number of rotatable bonds is 10. The van der Waals surface area contributed by atoms with Crippen molar-refractivity contribution in [3.63, 3.8) is 0 Å². The third-order valence-electron chi connectivity index (χ3n) is 4.90. The lowest BCUT2D eigenvalue weighted by atomic mass is 10.2. The Morgan fingerprint density at radius 2 is 1.43 bits per heavy atom. The van der Waals surface area contributed by atoms with Gasteiger partial charge in [-0.3, -0.25) is 0 Å². The summed E-state index contributed by atoms with van der Waals surface area (Å²) in [4.78, 5) is 2.30. The Labute approximate surface area is 181 Å². The van der Waals surface area contributed by atoms with Crippen LogP contribution >= 0.6 is 11.8 Å². The van der Waals surface area contributed by atoms with Crippen LogP contribution in [0.1, 0.15) is 16.7 Å². The number of aliphatic hydroxyl groups is 1. The van der Waals surface area contributed by atoms with E-state index in [-0.39, 0.29) is 6.61 Å². The molecular formula is C24H26N2O3S. The van der Waals surface area contributed by atoms with Gasteiger partial charge in [0.2, 0.25) is 6.79 Å². The molecule has 0 saturated carbocycles. The van der Waals surface area contributed by atoms with Crippen LogP contribution in [0.25, 0.3) is 0 Å². The standard InChI is InChI=1S/C24H26N2O3S/c27-16-20-6-2-4-8-24(20)30-23-7-3-1-5-19(23)15-26-12-11-25-14-18-9-10-21-22(13-18)29-17-28-21/h1-10,13,25-27H,11-12,14-17H2. The highest BCUT2D eigenvalue weighted by molar-refractivity contribution is 7.99. The summed E-state index contributed by atoms with van der Waals surface area (Å²) in [6, 6.07) is 22.4. The van der Waals surface area contributed by atoms with Crippen molar-refractivity contribution in [2.75, 3.05) is 19.9 Å². The predicted molar refractivity (Wildman–Crippen MR) is 119 cm³/mol. The van der Waals surface area contributed by atoms with E-state index in [1.165, 1.54) is 16.0 Å². The van der Waals surface area contributed by atoms with E-state index in [0.29, 0.717) is 6.79 Å². The van der Waals surface area contributed by atoms with Crippen LogP contribution in [-0.4, -0.2) is 25.0 Å². The fourth-order valence-corrected chi connectivity index (χ4v) is 4.35. The van der Waals surface area contributed by atoms with Crippen molar-refractivity contribution in [3.05, 3.63) is 83.4 Å². The lowest BCUT2D eigenvalue weighted by Gasteiger charge is -2.12. The zero-order valence-corrected chi connectivity index (χ0v) is 17.6. The third kappa shape index (κ3) is 5.34. The van der Waals surface area contributed by atoms with Gasteiger partial charge in [-0.1, -0.05) is 54.2 Å². The van der Waals surface area contributed by atoms with E-state index >= 15 is 0 Å². The molecule has 0 radical (unpaired) electrons. The molecule has 1 aliphatic heterocycles. The van der Waals surface area contributed by atoms with Crippen molar-refractivity contribution in [1.82, 2.24) is 10.6 Å². The maximum Gasteiger partial charge on any atom is 0.231 e. The van der Waals surface area contributed by atoms with E-state index < -0.39 is 0 Å². The summed E-state index contributed by atoms with van der Waals surface area (Å²) >= 11 is 1.70. The molecule has 0 aromatic heterocycles. The van der Waals surface area contributed by atoms with Gasteiger partial charge >= 0.3 is 0 Å². The molecule has 156 valence electrons. The van der Waals surface area contributed by atoms with Gasteiger partial charge in [0.15, 0.2) is 11.5 Å². The van der Waals surface area contributed by atoms with Crippen molar-refractivity contribution in [2.45, 2.75) is 29.5 Å². The molecule has 1 heterocycles. The number of ether oxygens (including phenoxy) is 2. The van der Waals surface area contributed by atoms with E-state index in [1.807, 2.05) is 30.3 Å². The average molecular weight is 423 g/mol. The molecule has 0 aliphatic carbocycles. The number of fused-ring (bicyclic) bond motifs is 1. The van der Waals surface area contributed by atoms with Crippen LogP contribution in [0, 0.1) is 0 Å². The van der Waals surface area contributed by atoms with Crippen LogP contribution in [0.3, 0.4) is 0 Å². The van der Waals surface area contributed by atoms with Crippen LogP contribution in [0.2, 0.25) is 0 Å². The quantitative estimate of drug-likeness (QED) is 0.430. The number of nitrogens with one attached hydrogen (secondary N) is 2. The van der Waals surface area contributed by atoms with E-state index in [2.05, 4.69) is 47.0 Å². The highest BCUT2D eigenvalue weighted by Gasteiger charge is 2.12. The molecule has 5 nitrogen and oxygen atoms in total. The smallest absolute Gasteiger partial charge is 0.231 e. The molecule has 6 heteroatoms. The lowest BCUT2D eigenvalue weighted by Crippen LogP contribution is -2.26. The Bertz CT molecular complexity index is 980. The van der Waals surface area contributed by atoms with Gasteiger partial charge < -0.3 is 25.2 Å². The summed E-state index contributed by atoms with van der Waals surface area (Å²) in [5.74, 6) is 1.64. The molecule has 3 aromatic carbocycles. The Kier molecular flexibility index (Phi) is 7.26. The van der Waals surface area contributed by atoms with Gasteiger partial charge in [-0.15, -0.1) is 0 Å². The first-order valence-corrected chi connectivity index (χ1v) is 10.9. The molecule has 0 bridgehead atoms. The van der Waals surface area contributed by atoms with Crippen molar-refractivity contribution in [3.8, 4) is 11.5 Å². The lowest BCUT2D eigenvalue weighted by molar-refractivity contribution is 0.174. The van der Waals surface area contributed by atoms with Crippen molar-refractivity contribution in [2.24, 2.45) is 0 Å². The minimum atomic E-state index is 0.0542. The van der Waals surface area contributed by atoms with Crippen LogP contribution in [0.4, 0.5) is 0 Å². The summed E-state index contributed by atoms with van der Waals surface area (Å²) in [6.45, 7) is 3.70. The second kappa shape index (κ2) is 10.5. The Balaban J connectivity index is 1.23. The Morgan fingerprint density at radius 1 is 0.767 bits per heavy atom. The summed E-state index contributed by atoms with van der Waals surface area (Å²) in [5.41, 5.74) is 3.40. The third-order valence-corrected chi connectivity index (χ3v) is 6.13. The number of hydrogen-bond donors (Lipinski definition) is 3. The molecule has 0 amide bonds. The van der Waals surface area contributed by atoms with E-state index in [4.69, 9.17) is 9.47 Å². The minimum Gasteiger partial charge on any atom is -0.454 e. The number of aliphatic hydroxyl groups excluding tert-OH is 1. The van der Waals surface area contributed by atoms with Crippen LogP contribution in [0.15, 0.2) is 76.5 Å². The first-order valence-electron chi connectivity index (χ1n) is 10.1. The first-order chi connectivity index (χ1) is 14.8. The fraction of sp³-hybridized carbons (Fsp3) is 0.250. The maximum atomic E-state index is 9.57. The highest BCUT2D eigenvalue weighted by Crippen LogP contribution is 2.33. The molecule has 4 rings (SSSR count). The molecular weight excluding hydrogens is 396 g/mol. The molecule has 3 N–H and O–H groups in total. The van der Waals surface area contributed by atoms with Gasteiger partial charge in [0, 0.05) is 36.0 Å². The molecule has 0 unspecified atom stereocenters. The van der Waals surface area contributed by atoms with Crippen LogP contribution < -0.4 is 20.1 Å². The van der Waals surface area contributed by atoms with Crippen molar-refractivity contribution in [1.29, 1.82) is 0 Å². The van der Waals surface area contributed by atoms with Crippen LogP contribution in [-0.2, 0) is 19.7 Å². The predicted octanol–water partition coefficient (Wildman–Crippen LogP) is 3.94. The topological polar surface area (TPSA) is 62.8 Å². The second-order valence-corrected chi connectivity index (χ2v) is 8.10. The molecule has 0 fully saturated rings. The molecule has 0 saturated heterocycles. The number of benzene rings is 3. The number of hydrogen-bond acceptors (Lipinski definition) is 6. The van der Waals surface area contributed by atoms with E-state index in [0.717, 1.165) is 48.1 Å². The van der Waals surface area contributed by atoms with Gasteiger partial charge in [-0.25, -0.2) is 0 Å². The van der Waals surface area contributed by atoms with E-state index in [1.54, 1.807) is 11.8 Å². The molecule has 0 spiro atoms. The largest absolute Gasteiger partial charge is 0.454 e. The molecule has 1 aliphatic rings. The van der Waals surface area contributed by atoms with Gasteiger partial charge in [0.1, 0.15) is 0 Å². The normalized spacial score (nSPS) is 12.3. The zero-order valence-electron chi connectivity index (χ0n) is 16.8. The SMILES string of the molecule is OCc1ccccc1Sc1ccccc1CNCCNCc1ccc2c(c1)OCO2. The Hall–Kier alpha value is -2.51. The minimum absolute atomic E-state index is 0.0542. The van der Waals surface area contributed by atoms with E-state index in [9.17, 15) is 5.11 Å². The highest BCUT2D eigenvalue weighted by atomic mass is 32.2. The van der Waals surface area contributed by atoms with Crippen LogP contribution in [0.5, 0.6) is 11.5 Å². The first kappa shape index (κ1) is 20.8. The Morgan fingerprint density at radius 3 is 2.23 bits per heavy atom. The summed E-state index contributed by atoms with van der Waals surface area (Å²) in [7, 11) is 0. The summed E-state index contributed by atoms with van der Waals surface area (Å²) in [6.07, 6.45) is 0. The maximum absolute atomic E-state index is 9.57. The van der Waals surface area contributed by atoms with Crippen molar-refractivity contribution >= 4 is 11.8 Å². The zero-order chi connectivity index (χ0) is 20.6.